The molecule has 0 N–H and O–H groups in total. The van der Waals surface area contributed by atoms with Crippen molar-refractivity contribution in [3.05, 3.63) is 25.3 Å². The Morgan fingerprint density at radius 3 is 3.00 bits per heavy atom. The molecule has 0 bridgehead atoms. The zero-order valence-electron chi connectivity index (χ0n) is 5.99. The smallest absolute Gasteiger partial charge is 0.150 e. The Morgan fingerprint density at radius 1 is 1.70 bits per heavy atom. The first-order chi connectivity index (χ1) is 4.84. The predicted molar refractivity (Wildman–Crippen MR) is 40.7 cm³/mol. The number of hydrogen-bond acceptors (Lipinski definition) is 3. The lowest BCUT2D eigenvalue weighted by Gasteiger charge is -2.12. The number of hydrogen-bond donors (Lipinski definition) is 0. The van der Waals surface area contributed by atoms with Crippen LogP contribution in [0, 0.1) is 6.92 Å². The molecule has 53 valence electrons. The second-order valence-electron chi connectivity index (χ2n) is 2.00. The Morgan fingerprint density at radius 2 is 2.50 bits per heavy atom. The van der Waals surface area contributed by atoms with Crippen LogP contribution in [0.2, 0.25) is 0 Å². The van der Waals surface area contributed by atoms with Crippen LogP contribution in [0.4, 0.5) is 5.82 Å². The Bertz CT molecular complexity index is 185. The summed E-state index contributed by atoms with van der Waals surface area (Å²) in [6, 6.07) is 3.76. The van der Waals surface area contributed by atoms with Gasteiger partial charge >= 0.3 is 0 Å². The van der Waals surface area contributed by atoms with Crippen molar-refractivity contribution in [1.29, 1.82) is 0 Å². The zero-order valence-corrected chi connectivity index (χ0v) is 5.99. The molecule has 0 saturated heterocycles. The van der Waals surface area contributed by atoms with Crippen molar-refractivity contribution in [3.8, 4) is 0 Å². The summed E-state index contributed by atoms with van der Waals surface area (Å²) in [4.78, 5) is 1.92. The normalized spacial score (nSPS) is 9.40. The van der Waals surface area contributed by atoms with E-state index in [0.717, 1.165) is 5.82 Å². The highest BCUT2D eigenvalue weighted by Crippen LogP contribution is 2.02. The summed E-state index contributed by atoms with van der Waals surface area (Å²) in [6.45, 7) is 4.43. The Hall–Kier alpha value is -1.12. The minimum absolute atomic E-state index is 0.707. The van der Waals surface area contributed by atoms with Crippen LogP contribution in [-0.2, 0) is 0 Å². The van der Waals surface area contributed by atoms with Crippen molar-refractivity contribution in [2.24, 2.45) is 0 Å². The molecule has 0 saturated carbocycles. The average Bonchev–Trinajstić information content (AvgIpc) is 2.05. The van der Waals surface area contributed by atoms with Gasteiger partial charge in [0, 0.05) is 19.8 Å². The molecule has 1 aromatic rings. The van der Waals surface area contributed by atoms with Gasteiger partial charge in [0.15, 0.2) is 5.82 Å². The Kier molecular flexibility index (Phi) is 2.20. The lowest BCUT2D eigenvalue weighted by Crippen LogP contribution is -2.17. The van der Waals surface area contributed by atoms with Gasteiger partial charge in [-0.05, 0) is 19.1 Å². The lowest BCUT2D eigenvalue weighted by atomic mass is 10.5. The van der Waals surface area contributed by atoms with Crippen molar-refractivity contribution in [2.75, 3.05) is 18.5 Å². The molecule has 0 aromatic carbocycles. The Labute approximate surface area is 60.7 Å². The molecule has 1 radical (unpaired) electrons. The van der Waals surface area contributed by atoms with Crippen LogP contribution in [0.25, 0.3) is 0 Å². The van der Waals surface area contributed by atoms with Crippen molar-refractivity contribution in [2.45, 2.75) is 0 Å². The van der Waals surface area contributed by atoms with Crippen LogP contribution in [0.1, 0.15) is 0 Å². The molecule has 1 heterocycles. The molecule has 1 aromatic heterocycles. The molecule has 1 rings (SSSR count). The SMILES string of the molecule is [CH2]CN(C)c1cccnn1. The number of nitrogens with zero attached hydrogens (tertiary/aromatic N) is 3. The van der Waals surface area contributed by atoms with E-state index >= 15 is 0 Å². The minimum Gasteiger partial charge on any atom is -0.358 e. The van der Waals surface area contributed by atoms with Crippen LogP contribution < -0.4 is 4.90 Å². The highest BCUT2D eigenvalue weighted by atomic mass is 15.2. The molecule has 0 unspecified atom stereocenters. The molecule has 3 heteroatoms. The summed E-state index contributed by atoms with van der Waals surface area (Å²) in [7, 11) is 1.93. The summed E-state index contributed by atoms with van der Waals surface area (Å²) in [5.74, 6) is 0.859. The van der Waals surface area contributed by atoms with Crippen molar-refractivity contribution in [1.82, 2.24) is 10.2 Å². The van der Waals surface area contributed by atoms with Crippen LogP contribution in [0.5, 0.6) is 0 Å². The fourth-order valence-electron chi connectivity index (χ4n) is 0.612. The maximum atomic E-state index is 3.89. The van der Waals surface area contributed by atoms with E-state index in [2.05, 4.69) is 17.1 Å². The van der Waals surface area contributed by atoms with Crippen molar-refractivity contribution in [3.63, 3.8) is 0 Å². The number of anilines is 1. The molecule has 0 fully saturated rings. The monoisotopic (exact) mass is 136 g/mol. The van der Waals surface area contributed by atoms with Crippen molar-refractivity contribution >= 4 is 5.82 Å². The van der Waals surface area contributed by atoms with E-state index < -0.39 is 0 Å². The molecule has 0 aliphatic heterocycles. The molecule has 0 spiro atoms. The van der Waals surface area contributed by atoms with E-state index in [1.54, 1.807) is 6.20 Å². The van der Waals surface area contributed by atoms with Gasteiger partial charge in [-0.1, -0.05) is 0 Å². The van der Waals surface area contributed by atoms with Gasteiger partial charge in [0.05, 0.1) is 0 Å². The van der Waals surface area contributed by atoms with E-state index in [4.69, 9.17) is 0 Å². The molecule has 0 aliphatic rings. The largest absolute Gasteiger partial charge is 0.358 e. The standard InChI is InChI=1S/C7H10N3/c1-3-10(2)7-5-4-6-8-9-7/h4-6H,1,3H2,2H3. The molecule has 3 nitrogen and oxygen atoms in total. The van der Waals surface area contributed by atoms with Gasteiger partial charge in [-0.25, -0.2) is 0 Å². The lowest BCUT2D eigenvalue weighted by molar-refractivity contribution is 0.926. The number of rotatable bonds is 2. The predicted octanol–water partition coefficient (Wildman–Crippen LogP) is 0.747. The molecule has 10 heavy (non-hydrogen) atoms. The first-order valence-electron chi connectivity index (χ1n) is 3.12. The minimum atomic E-state index is 0.707. The van der Waals surface area contributed by atoms with E-state index in [0.29, 0.717) is 6.54 Å². The molecular weight excluding hydrogens is 126 g/mol. The van der Waals surface area contributed by atoms with E-state index in [1.165, 1.54) is 0 Å². The highest BCUT2D eigenvalue weighted by molar-refractivity contribution is 5.34. The van der Waals surface area contributed by atoms with Crippen LogP contribution in [-0.4, -0.2) is 23.8 Å². The fraction of sp³-hybridized carbons (Fsp3) is 0.286. The summed E-state index contributed by atoms with van der Waals surface area (Å²) in [5, 5.41) is 7.62. The quantitative estimate of drug-likeness (QED) is 0.600. The maximum Gasteiger partial charge on any atom is 0.150 e. The van der Waals surface area contributed by atoms with Crippen LogP contribution in [0.3, 0.4) is 0 Å². The summed E-state index contributed by atoms with van der Waals surface area (Å²) < 4.78 is 0. The summed E-state index contributed by atoms with van der Waals surface area (Å²) in [6.07, 6.45) is 1.65. The fourth-order valence-corrected chi connectivity index (χ4v) is 0.612. The van der Waals surface area contributed by atoms with Gasteiger partial charge in [-0.15, -0.1) is 5.10 Å². The molecule has 0 aliphatic carbocycles. The van der Waals surface area contributed by atoms with Crippen LogP contribution in [0.15, 0.2) is 18.3 Å². The van der Waals surface area contributed by atoms with Gasteiger partial charge in [0.2, 0.25) is 0 Å². The third-order valence-electron chi connectivity index (χ3n) is 1.28. The summed E-state index contributed by atoms with van der Waals surface area (Å²) in [5.41, 5.74) is 0. The highest BCUT2D eigenvalue weighted by Gasteiger charge is 1.95. The Balaban J connectivity index is 2.75. The third kappa shape index (κ3) is 1.43. The van der Waals surface area contributed by atoms with Gasteiger partial charge in [0.25, 0.3) is 0 Å². The average molecular weight is 136 g/mol. The van der Waals surface area contributed by atoms with Gasteiger partial charge in [0.1, 0.15) is 0 Å². The second kappa shape index (κ2) is 3.15. The van der Waals surface area contributed by atoms with Gasteiger partial charge in [-0.2, -0.15) is 5.10 Å². The molecule has 0 atom stereocenters. The zero-order chi connectivity index (χ0) is 7.40. The van der Waals surface area contributed by atoms with Gasteiger partial charge in [-0.3, -0.25) is 0 Å². The van der Waals surface area contributed by atoms with Crippen molar-refractivity contribution < 1.29 is 0 Å². The summed E-state index contributed by atoms with van der Waals surface area (Å²) >= 11 is 0. The first-order valence-corrected chi connectivity index (χ1v) is 3.12. The second-order valence-corrected chi connectivity index (χ2v) is 2.00. The van der Waals surface area contributed by atoms with E-state index in [-0.39, 0.29) is 0 Å². The van der Waals surface area contributed by atoms with E-state index in [1.807, 2.05) is 24.1 Å². The van der Waals surface area contributed by atoms with Gasteiger partial charge < -0.3 is 4.90 Å². The number of aromatic nitrogens is 2. The molecular formula is C7H10N3. The van der Waals surface area contributed by atoms with Crippen LogP contribution >= 0.6 is 0 Å². The topological polar surface area (TPSA) is 29.0 Å². The first kappa shape index (κ1) is 6.99. The molecule has 0 amide bonds. The third-order valence-corrected chi connectivity index (χ3v) is 1.28. The maximum absolute atomic E-state index is 3.89. The van der Waals surface area contributed by atoms with E-state index in [9.17, 15) is 0 Å².